The predicted octanol–water partition coefficient (Wildman–Crippen LogP) is 4.48. The van der Waals surface area contributed by atoms with E-state index in [9.17, 15) is 39.5 Å². The zero-order valence-corrected chi connectivity index (χ0v) is 9.66. The molecule has 0 heterocycles. The summed E-state index contributed by atoms with van der Waals surface area (Å²) in [5, 5.41) is 8.37. The van der Waals surface area contributed by atoms with Gasteiger partial charge in [0.25, 0.3) is 0 Å². The smallest absolute Gasteiger partial charge is 0.194 e. The summed E-state index contributed by atoms with van der Waals surface area (Å²) in [6.45, 7) is 0. The number of alkyl halides is 9. The molecule has 0 fully saturated rings. The second kappa shape index (κ2) is 4.82. The van der Waals surface area contributed by atoms with Crippen LogP contribution in [0.1, 0.15) is 11.1 Å². The molecule has 1 aromatic rings. The average molecular weight is 321 g/mol. The van der Waals surface area contributed by atoms with Crippen molar-refractivity contribution in [3.05, 3.63) is 35.4 Å². The van der Waals surface area contributed by atoms with Crippen LogP contribution in [0.5, 0.6) is 0 Å². The van der Waals surface area contributed by atoms with Gasteiger partial charge >= 0.3 is 23.9 Å². The molecule has 1 aromatic carbocycles. The first kappa shape index (κ1) is 17.1. The highest BCUT2D eigenvalue weighted by molar-refractivity contribution is 5.34. The minimum absolute atomic E-state index is 0.179. The van der Waals surface area contributed by atoms with Crippen molar-refractivity contribution in [3.63, 3.8) is 0 Å². The highest BCUT2D eigenvalue weighted by atomic mass is 19.4. The van der Waals surface area contributed by atoms with Crippen molar-refractivity contribution in [1.82, 2.24) is 0 Å². The fourth-order valence-corrected chi connectivity index (χ4v) is 1.31. The molecule has 0 saturated heterocycles. The van der Waals surface area contributed by atoms with E-state index in [1.54, 1.807) is 0 Å². The molecule has 0 aliphatic rings. The summed E-state index contributed by atoms with van der Waals surface area (Å²) in [6.07, 6.45) is -6.85. The van der Waals surface area contributed by atoms with Crippen molar-refractivity contribution >= 4 is 0 Å². The quantitative estimate of drug-likeness (QED) is 0.753. The molecule has 0 atom stereocenters. The van der Waals surface area contributed by atoms with Gasteiger partial charge in [-0.25, -0.2) is 0 Å². The Labute approximate surface area is 111 Å². The van der Waals surface area contributed by atoms with Crippen LogP contribution >= 0.6 is 0 Å². The summed E-state index contributed by atoms with van der Waals surface area (Å²) in [5.74, 6) is -19.4. The van der Waals surface area contributed by atoms with Crippen LogP contribution in [0.4, 0.5) is 39.5 Å². The van der Waals surface area contributed by atoms with E-state index in [0.29, 0.717) is 12.1 Å². The van der Waals surface area contributed by atoms with E-state index < -0.39 is 29.5 Å². The second-order valence-corrected chi connectivity index (χ2v) is 3.91. The molecule has 0 aromatic heterocycles. The van der Waals surface area contributed by atoms with Crippen LogP contribution in [-0.4, -0.2) is 18.0 Å². The van der Waals surface area contributed by atoms with Gasteiger partial charge in [0.05, 0.1) is 11.6 Å². The lowest BCUT2D eigenvalue weighted by molar-refractivity contribution is -0.399. The van der Waals surface area contributed by atoms with Gasteiger partial charge in [0.1, 0.15) is 0 Å². The standard InChI is InChI=1S/C11H4F9N/c12-8(13,7-3-1-6(5-21)2-4-7)9(14,15)10(16,17)11(18,19)20/h1-4H. The third-order valence-electron chi connectivity index (χ3n) is 2.52. The third kappa shape index (κ3) is 2.52. The molecular formula is C11H4F9N. The van der Waals surface area contributed by atoms with Crippen molar-refractivity contribution in [1.29, 1.82) is 5.26 Å². The summed E-state index contributed by atoms with van der Waals surface area (Å²) in [6, 6.07) is 2.97. The van der Waals surface area contributed by atoms with Gasteiger partial charge in [-0.3, -0.25) is 0 Å². The molecule has 0 N–H and O–H groups in total. The van der Waals surface area contributed by atoms with Crippen molar-refractivity contribution < 1.29 is 39.5 Å². The Morgan fingerprint density at radius 2 is 1.14 bits per heavy atom. The average Bonchev–Trinajstić information content (AvgIpc) is 2.37. The number of rotatable bonds is 3. The van der Waals surface area contributed by atoms with Gasteiger partial charge in [-0.1, -0.05) is 12.1 Å². The molecule has 0 unspecified atom stereocenters. The maximum absolute atomic E-state index is 13.4. The SMILES string of the molecule is N#Cc1ccc(C(F)(F)C(F)(F)C(F)(F)C(F)(F)F)cc1. The number of nitriles is 1. The largest absolute Gasteiger partial charge is 0.460 e. The van der Waals surface area contributed by atoms with Gasteiger partial charge in [-0.05, 0) is 12.1 Å². The van der Waals surface area contributed by atoms with Gasteiger partial charge in [0.2, 0.25) is 0 Å². The minimum Gasteiger partial charge on any atom is -0.194 e. The fourth-order valence-electron chi connectivity index (χ4n) is 1.31. The molecule has 0 aliphatic carbocycles. The number of hydrogen-bond acceptors (Lipinski definition) is 1. The Balaban J connectivity index is 3.36. The van der Waals surface area contributed by atoms with Crippen LogP contribution in [0.2, 0.25) is 0 Å². The Kier molecular flexibility index (Phi) is 3.93. The Hall–Kier alpha value is -1.92. The lowest BCUT2D eigenvalue weighted by Crippen LogP contribution is -2.59. The van der Waals surface area contributed by atoms with Crippen LogP contribution < -0.4 is 0 Å². The first-order valence-electron chi connectivity index (χ1n) is 5.00. The number of nitrogens with zero attached hydrogens (tertiary/aromatic N) is 1. The molecule has 10 heteroatoms. The maximum atomic E-state index is 13.4. The normalized spacial score (nSPS) is 13.9. The molecule has 0 aliphatic heterocycles. The van der Waals surface area contributed by atoms with Crippen molar-refractivity contribution in [2.75, 3.05) is 0 Å². The van der Waals surface area contributed by atoms with E-state index >= 15 is 0 Å². The Morgan fingerprint density at radius 3 is 1.48 bits per heavy atom. The van der Waals surface area contributed by atoms with E-state index in [-0.39, 0.29) is 17.7 Å². The fraction of sp³-hybridized carbons (Fsp3) is 0.364. The number of benzene rings is 1. The molecule has 1 nitrogen and oxygen atoms in total. The molecular weight excluding hydrogens is 317 g/mol. The lowest BCUT2D eigenvalue weighted by Gasteiger charge is -2.33. The molecule has 0 radical (unpaired) electrons. The Bertz CT molecular complexity index is 551. The third-order valence-corrected chi connectivity index (χ3v) is 2.52. The summed E-state index contributed by atoms with van der Waals surface area (Å²) < 4.78 is 114. The summed E-state index contributed by atoms with van der Waals surface area (Å²) >= 11 is 0. The monoisotopic (exact) mass is 321 g/mol. The lowest BCUT2D eigenvalue weighted by atomic mass is 9.96. The van der Waals surface area contributed by atoms with Gasteiger partial charge in [0, 0.05) is 5.56 Å². The van der Waals surface area contributed by atoms with Gasteiger partial charge < -0.3 is 0 Å². The molecule has 0 saturated carbocycles. The highest BCUT2D eigenvalue weighted by Gasteiger charge is 2.81. The van der Waals surface area contributed by atoms with E-state index in [0.717, 1.165) is 0 Å². The molecule has 116 valence electrons. The molecule has 0 amide bonds. The molecule has 21 heavy (non-hydrogen) atoms. The topological polar surface area (TPSA) is 23.8 Å². The zero-order valence-electron chi connectivity index (χ0n) is 9.66. The van der Waals surface area contributed by atoms with Gasteiger partial charge in [-0.2, -0.15) is 44.8 Å². The maximum Gasteiger partial charge on any atom is 0.460 e. The van der Waals surface area contributed by atoms with Crippen LogP contribution in [0.3, 0.4) is 0 Å². The molecule has 0 spiro atoms. The van der Waals surface area contributed by atoms with Crippen LogP contribution in [0, 0.1) is 11.3 Å². The zero-order chi connectivity index (χ0) is 16.7. The number of hydrogen-bond donors (Lipinski definition) is 0. The highest BCUT2D eigenvalue weighted by Crippen LogP contribution is 2.56. The summed E-state index contributed by atoms with van der Waals surface area (Å²) in [7, 11) is 0. The van der Waals surface area contributed by atoms with E-state index in [4.69, 9.17) is 5.26 Å². The van der Waals surface area contributed by atoms with E-state index in [2.05, 4.69) is 0 Å². The summed E-state index contributed by atoms with van der Waals surface area (Å²) in [4.78, 5) is 0. The molecule has 0 bridgehead atoms. The van der Waals surface area contributed by atoms with Crippen LogP contribution in [-0.2, 0) is 5.92 Å². The predicted molar refractivity (Wildman–Crippen MR) is 51.0 cm³/mol. The van der Waals surface area contributed by atoms with Crippen molar-refractivity contribution in [2.24, 2.45) is 0 Å². The molecule has 1 rings (SSSR count). The van der Waals surface area contributed by atoms with Crippen molar-refractivity contribution in [3.8, 4) is 6.07 Å². The van der Waals surface area contributed by atoms with Gasteiger partial charge in [-0.15, -0.1) is 0 Å². The number of halogens is 9. The van der Waals surface area contributed by atoms with Crippen LogP contribution in [0.15, 0.2) is 24.3 Å². The Morgan fingerprint density at radius 1 is 0.714 bits per heavy atom. The first-order chi connectivity index (χ1) is 9.29. The second-order valence-electron chi connectivity index (χ2n) is 3.91. The van der Waals surface area contributed by atoms with Crippen molar-refractivity contribution in [2.45, 2.75) is 23.9 Å². The minimum atomic E-state index is -6.93. The van der Waals surface area contributed by atoms with Gasteiger partial charge in [0.15, 0.2) is 0 Å². The van der Waals surface area contributed by atoms with E-state index in [1.165, 1.54) is 6.07 Å². The van der Waals surface area contributed by atoms with E-state index in [1.807, 2.05) is 0 Å². The first-order valence-corrected chi connectivity index (χ1v) is 5.00. The summed E-state index contributed by atoms with van der Waals surface area (Å²) in [5.41, 5.74) is -2.03. The van der Waals surface area contributed by atoms with Crippen LogP contribution in [0.25, 0.3) is 0 Å².